The number of carboxylic acid groups (broad SMARTS) is 1. The molecule has 1 aromatic rings. The minimum absolute atomic E-state index is 0.231. The molecule has 0 bridgehead atoms. The number of nitrogens with one attached hydrogen (secondary N) is 1. The van der Waals surface area contributed by atoms with Crippen LogP contribution in [0.3, 0.4) is 0 Å². The number of hydrogen-bond donors (Lipinski definition) is 2. The molecule has 23 heavy (non-hydrogen) atoms. The Hall–Kier alpha value is -2.25. The van der Waals surface area contributed by atoms with Crippen molar-refractivity contribution in [3.05, 3.63) is 29.8 Å². The van der Waals surface area contributed by atoms with Crippen LogP contribution < -0.4 is 10.1 Å². The minimum Gasteiger partial charge on any atom is -0.480 e. The van der Waals surface area contributed by atoms with E-state index in [0.29, 0.717) is 18.4 Å². The first-order valence-electron chi connectivity index (χ1n) is 7.08. The van der Waals surface area contributed by atoms with Crippen LogP contribution >= 0.6 is 0 Å². The van der Waals surface area contributed by atoms with Crippen LogP contribution in [0, 0.1) is 0 Å². The van der Waals surface area contributed by atoms with E-state index in [9.17, 15) is 22.8 Å². The molecule has 2 N–H and O–H groups in total. The highest BCUT2D eigenvalue weighted by molar-refractivity contribution is 5.84. The summed E-state index contributed by atoms with van der Waals surface area (Å²) in [4.78, 5) is 22.9. The summed E-state index contributed by atoms with van der Waals surface area (Å²) in [5.41, 5.74) is 0.295. The molecule has 1 aromatic carbocycles. The fraction of sp³-hybridized carbons (Fsp3) is 0.467. The maximum atomic E-state index is 12.1. The van der Waals surface area contributed by atoms with Crippen molar-refractivity contribution in [3.8, 4) is 5.75 Å². The van der Waals surface area contributed by atoms with Gasteiger partial charge in [-0.3, -0.25) is 4.79 Å². The molecule has 0 radical (unpaired) electrons. The van der Waals surface area contributed by atoms with Crippen LogP contribution in [0.15, 0.2) is 24.3 Å². The summed E-state index contributed by atoms with van der Waals surface area (Å²) in [6.07, 6.45) is -3.31. The van der Waals surface area contributed by atoms with E-state index in [1.54, 1.807) is 0 Å². The SMILES string of the molecule is CCCCC(NC(=O)Cc1cccc(OC(F)(F)F)c1)C(=O)O. The molecule has 1 unspecified atom stereocenters. The number of benzene rings is 1. The lowest BCUT2D eigenvalue weighted by atomic mass is 10.1. The lowest BCUT2D eigenvalue weighted by Crippen LogP contribution is -2.41. The summed E-state index contributed by atoms with van der Waals surface area (Å²) in [6, 6.07) is 4.00. The van der Waals surface area contributed by atoms with E-state index < -0.39 is 30.0 Å². The van der Waals surface area contributed by atoms with Gasteiger partial charge in [0.15, 0.2) is 0 Å². The Balaban J connectivity index is 2.66. The molecule has 1 amide bonds. The van der Waals surface area contributed by atoms with Crippen molar-refractivity contribution in [2.45, 2.75) is 45.0 Å². The molecule has 128 valence electrons. The number of carbonyl (C=O) groups is 2. The normalized spacial score (nSPS) is 12.5. The Labute approximate surface area is 131 Å². The lowest BCUT2D eigenvalue weighted by molar-refractivity contribution is -0.274. The first-order valence-corrected chi connectivity index (χ1v) is 7.08. The maximum Gasteiger partial charge on any atom is 0.573 e. The maximum absolute atomic E-state index is 12.1. The molecule has 0 aliphatic rings. The van der Waals surface area contributed by atoms with Crippen LogP contribution in [0.4, 0.5) is 13.2 Å². The van der Waals surface area contributed by atoms with Gasteiger partial charge in [0.1, 0.15) is 11.8 Å². The number of rotatable bonds is 8. The summed E-state index contributed by atoms with van der Waals surface area (Å²) in [5.74, 6) is -2.14. The van der Waals surface area contributed by atoms with Crippen molar-refractivity contribution in [2.24, 2.45) is 0 Å². The van der Waals surface area contributed by atoms with E-state index in [1.807, 2.05) is 6.92 Å². The van der Waals surface area contributed by atoms with Gasteiger partial charge in [-0.15, -0.1) is 13.2 Å². The number of amides is 1. The van der Waals surface area contributed by atoms with E-state index >= 15 is 0 Å². The molecule has 1 atom stereocenters. The highest BCUT2D eigenvalue weighted by Crippen LogP contribution is 2.23. The smallest absolute Gasteiger partial charge is 0.480 e. The van der Waals surface area contributed by atoms with Crippen LogP contribution in [-0.2, 0) is 16.0 Å². The Morgan fingerprint density at radius 3 is 2.61 bits per heavy atom. The van der Waals surface area contributed by atoms with Crippen molar-refractivity contribution in [1.29, 1.82) is 0 Å². The second-order valence-electron chi connectivity index (χ2n) is 4.97. The molecule has 0 spiro atoms. The number of unbranched alkanes of at least 4 members (excludes halogenated alkanes) is 1. The van der Waals surface area contributed by atoms with Gasteiger partial charge >= 0.3 is 12.3 Å². The molecule has 0 fully saturated rings. The van der Waals surface area contributed by atoms with E-state index in [4.69, 9.17) is 5.11 Å². The highest BCUT2D eigenvalue weighted by Gasteiger charge is 2.31. The third-order valence-corrected chi connectivity index (χ3v) is 2.98. The first-order chi connectivity index (χ1) is 10.7. The largest absolute Gasteiger partial charge is 0.573 e. The Morgan fingerprint density at radius 2 is 2.04 bits per heavy atom. The second-order valence-corrected chi connectivity index (χ2v) is 4.97. The lowest BCUT2D eigenvalue weighted by Gasteiger charge is -2.14. The van der Waals surface area contributed by atoms with Crippen LogP contribution in [0.1, 0.15) is 31.7 Å². The molecule has 1 rings (SSSR count). The Morgan fingerprint density at radius 1 is 1.35 bits per heavy atom. The Bertz CT molecular complexity index is 546. The van der Waals surface area contributed by atoms with Gasteiger partial charge in [0.05, 0.1) is 6.42 Å². The molecular weight excluding hydrogens is 315 g/mol. The molecule has 5 nitrogen and oxygen atoms in total. The fourth-order valence-corrected chi connectivity index (χ4v) is 1.95. The average molecular weight is 333 g/mol. The van der Waals surface area contributed by atoms with E-state index in [-0.39, 0.29) is 6.42 Å². The van der Waals surface area contributed by atoms with Gasteiger partial charge in [-0.1, -0.05) is 31.9 Å². The molecule has 0 heterocycles. The number of carbonyl (C=O) groups excluding carboxylic acids is 1. The summed E-state index contributed by atoms with van der Waals surface area (Å²) < 4.78 is 40.2. The molecular formula is C15H18F3NO4. The Kier molecular flexibility index (Phi) is 6.87. The van der Waals surface area contributed by atoms with Crippen LogP contribution in [-0.4, -0.2) is 29.4 Å². The van der Waals surface area contributed by atoms with Gasteiger partial charge in [0.25, 0.3) is 0 Å². The van der Waals surface area contributed by atoms with Gasteiger partial charge in [-0.05, 0) is 24.1 Å². The van der Waals surface area contributed by atoms with Gasteiger partial charge in [-0.25, -0.2) is 4.79 Å². The number of carboxylic acids is 1. The zero-order valence-corrected chi connectivity index (χ0v) is 12.5. The van der Waals surface area contributed by atoms with Crippen molar-refractivity contribution >= 4 is 11.9 Å². The summed E-state index contributed by atoms with van der Waals surface area (Å²) in [5, 5.41) is 11.4. The van der Waals surface area contributed by atoms with E-state index in [1.165, 1.54) is 12.1 Å². The molecule has 0 saturated carbocycles. The molecule has 8 heteroatoms. The summed E-state index contributed by atoms with van der Waals surface area (Å²) >= 11 is 0. The van der Waals surface area contributed by atoms with Gasteiger partial charge in [0.2, 0.25) is 5.91 Å². The number of alkyl halides is 3. The topological polar surface area (TPSA) is 75.6 Å². The summed E-state index contributed by atoms with van der Waals surface area (Å²) in [6.45, 7) is 1.90. The van der Waals surface area contributed by atoms with Crippen LogP contribution in [0.2, 0.25) is 0 Å². The van der Waals surface area contributed by atoms with Crippen molar-refractivity contribution < 1.29 is 32.6 Å². The third-order valence-electron chi connectivity index (χ3n) is 2.98. The highest BCUT2D eigenvalue weighted by atomic mass is 19.4. The zero-order valence-electron chi connectivity index (χ0n) is 12.5. The van der Waals surface area contributed by atoms with E-state index in [0.717, 1.165) is 18.6 Å². The quantitative estimate of drug-likeness (QED) is 0.767. The second kappa shape index (κ2) is 8.40. The molecule has 0 aromatic heterocycles. The third kappa shape index (κ3) is 7.53. The van der Waals surface area contributed by atoms with Crippen LogP contribution in [0.5, 0.6) is 5.75 Å². The predicted molar refractivity (Wildman–Crippen MR) is 75.9 cm³/mol. The number of halogens is 3. The van der Waals surface area contributed by atoms with Crippen molar-refractivity contribution in [1.82, 2.24) is 5.32 Å². The van der Waals surface area contributed by atoms with E-state index in [2.05, 4.69) is 10.1 Å². The number of aliphatic carboxylic acids is 1. The molecule has 0 aliphatic heterocycles. The zero-order chi connectivity index (χ0) is 17.5. The molecule has 0 saturated heterocycles. The molecule has 0 aliphatic carbocycles. The summed E-state index contributed by atoms with van der Waals surface area (Å²) in [7, 11) is 0. The van der Waals surface area contributed by atoms with Gasteiger partial charge in [0, 0.05) is 0 Å². The predicted octanol–water partition coefficient (Wildman–Crippen LogP) is 2.89. The standard InChI is InChI=1S/C15H18F3NO4/c1-2-3-7-12(14(21)22)19-13(20)9-10-5-4-6-11(8-10)23-15(16,17)18/h4-6,8,12H,2-3,7,9H2,1H3,(H,19,20)(H,21,22). The number of hydrogen-bond acceptors (Lipinski definition) is 3. The van der Waals surface area contributed by atoms with Crippen molar-refractivity contribution in [3.63, 3.8) is 0 Å². The fourth-order valence-electron chi connectivity index (χ4n) is 1.95. The minimum atomic E-state index is -4.81. The van der Waals surface area contributed by atoms with Gasteiger partial charge < -0.3 is 15.2 Å². The number of ether oxygens (including phenoxy) is 1. The van der Waals surface area contributed by atoms with Gasteiger partial charge in [-0.2, -0.15) is 0 Å². The monoisotopic (exact) mass is 333 g/mol. The first kappa shape index (κ1) is 18.8. The average Bonchev–Trinajstić information content (AvgIpc) is 2.41. The van der Waals surface area contributed by atoms with Crippen molar-refractivity contribution in [2.75, 3.05) is 0 Å². The van der Waals surface area contributed by atoms with Crippen LogP contribution in [0.25, 0.3) is 0 Å².